The standard InChI is InChI=1S/C26H32N4O4S/c1-18(2)25-23(17-29(28-25)16-21-7-5-6-19(3)14-21)26(31)27-22-9-8-20(4)24(15-22)35(32,33)30-10-12-34-13-11-30/h5-9,14-15,17-18H,10-13,16H2,1-4H3,(H,27,31). The predicted octanol–water partition coefficient (Wildman–Crippen LogP) is 3.94. The Bertz CT molecular complexity index is 1320. The molecule has 1 N–H and O–H groups in total. The normalized spacial score (nSPS) is 14.9. The van der Waals surface area contributed by atoms with Gasteiger partial charge in [-0.2, -0.15) is 9.40 Å². The topological polar surface area (TPSA) is 93.5 Å². The van der Waals surface area contributed by atoms with Gasteiger partial charge in [0.2, 0.25) is 10.0 Å². The van der Waals surface area contributed by atoms with Crippen molar-refractivity contribution < 1.29 is 17.9 Å². The van der Waals surface area contributed by atoms with E-state index >= 15 is 0 Å². The molecule has 1 saturated heterocycles. The largest absolute Gasteiger partial charge is 0.379 e. The molecule has 35 heavy (non-hydrogen) atoms. The number of benzene rings is 2. The van der Waals surface area contributed by atoms with Gasteiger partial charge in [0.05, 0.1) is 35.9 Å². The van der Waals surface area contributed by atoms with Crippen LogP contribution in [-0.4, -0.2) is 54.7 Å². The van der Waals surface area contributed by atoms with Crippen LogP contribution in [0.15, 0.2) is 53.6 Å². The Morgan fingerprint density at radius 2 is 1.86 bits per heavy atom. The van der Waals surface area contributed by atoms with Crippen molar-refractivity contribution in [3.63, 3.8) is 0 Å². The number of hydrogen-bond acceptors (Lipinski definition) is 5. The van der Waals surface area contributed by atoms with E-state index < -0.39 is 10.0 Å². The Kier molecular flexibility index (Phi) is 7.39. The minimum absolute atomic E-state index is 0.0461. The Morgan fingerprint density at radius 3 is 2.54 bits per heavy atom. The summed E-state index contributed by atoms with van der Waals surface area (Å²) < 4.78 is 34.9. The Labute approximate surface area is 207 Å². The van der Waals surface area contributed by atoms with Gasteiger partial charge in [-0.25, -0.2) is 8.42 Å². The highest BCUT2D eigenvalue weighted by molar-refractivity contribution is 7.89. The van der Waals surface area contributed by atoms with Gasteiger partial charge in [-0.05, 0) is 43.0 Å². The third-order valence-electron chi connectivity index (χ3n) is 6.04. The predicted molar refractivity (Wildman–Crippen MR) is 135 cm³/mol. The Hall–Kier alpha value is -3.01. The summed E-state index contributed by atoms with van der Waals surface area (Å²) in [5.41, 5.74) is 4.50. The van der Waals surface area contributed by atoms with Gasteiger partial charge in [0.1, 0.15) is 0 Å². The van der Waals surface area contributed by atoms with Crippen LogP contribution >= 0.6 is 0 Å². The highest BCUT2D eigenvalue weighted by Crippen LogP contribution is 2.26. The van der Waals surface area contributed by atoms with Crippen molar-refractivity contribution >= 4 is 21.6 Å². The molecule has 1 fully saturated rings. The summed E-state index contributed by atoms with van der Waals surface area (Å²) in [6.07, 6.45) is 1.76. The van der Waals surface area contributed by atoms with E-state index in [1.807, 2.05) is 39.0 Å². The molecule has 2 heterocycles. The highest BCUT2D eigenvalue weighted by Gasteiger charge is 2.28. The molecule has 1 aliphatic rings. The molecular weight excluding hydrogens is 464 g/mol. The second kappa shape index (κ2) is 10.3. The van der Waals surface area contributed by atoms with E-state index in [1.165, 1.54) is 15.9 Å². The SMILES string of the molecule is Cc1cccc(Cn2cc(C(=O)Nc3ccc(C)c(S(=O)(=O)N4CCOCC4)c3)c(C(C)C)n2)c1. The molecule has 0 radical (unpaired) electrons. The van der Waals surface area contributed by atoms with E-state index in [4.69, 9.17) is 4.74 Å². The quantitative estimate of drug-likeness (QED) is 0.535. The first-order chi connectivity index (χ1) is 16.6. The number of carbonyl (C=O) groups excluding carboxylic acids is 1. The molecule has 0 unspecified atom stereocenters. The fraction of sp³-hybridized carbons (Fsp3) is 0.385. The molecule has 9 heteroatoms. The number of hydrogen-bond donors (Lipinski definition) is 1. The lowest BCUT2D eigenvalue weighted by atomic mass is 10.1. The van der Waals surface area contributed by atoms with Gasteiger partial charge in [0.25, 0.3) is 5.91 Å². The van der Waals surface area contributed by atoms with Gasteiger partial charge < -0.3 is 10.1 Å². The van der Waals surface area contributed by atoms with E-state index in [1.54, 1.807) is 29.9 Å². The molecule has 8 nitrogen and oxygen atoms in total. The van der Waals surface area contributed by atoms with Gasteiger partial charge >= 0.3 is 0 Å². The monoisotopic (exact) mass is 496 g/mol. The minimum Gasteiger partial charge on any atom is -0.379 e. The first kappa shape index (κ1) is 25.1. The molecule has 1 aromatic heterocycles. The molecule has 0 saturated carbocycles. The molecule has 1 aliphatic heterocycles. The van der Waals surface area contributed by atoms with Crippen molar-refractivity contribution in [3.05, 3.63) is 76.6 Å². The van der Waals surface area contributed by atoms with Crippen LogP contribution in [-0.2, 0) is 21.3 Å². The van der Waals surface area contributed by atoms with Crippen LogP contribution in [0, 0.1) is 13.8 Å². The molecule has 3 aromatic rings. The fourth-order valence-corrected chi connectivity index (χ4v) is 5.86. The van der Waals surface area contributed by atoms with E-state index in [0.29, 0.717) is 55.4 Å². The van der Waals surface area contributed by atoms with Crippen LogP contribution in [0.5, 0.6) is 0 Å². The maximum absolute atomic E-state index is 13.3. The lowest BCUT2D eigenvalue weighted by Gasteiger charge is -2.26. The van der Waals surface area contributed by atoms with Crippen molar-refractivity contribution in [2.75, 3.05) is 31.6 Å². The molecular formula is C26H32N4O4S. The zero-order valence-electron chi connectivity index (χ0n) is 20.6. The molecule has 0 spiro atoms. The number of ether oxygens (including phenoxy) is 1. The molecule has 0 aliphatic carbocycles. The van der Waals surface area contributed by atoms with E-state index in [-0.39, 0.29) is 16.7 Å². The number of carbonyl (C=O) groups is 1. The summed E-state index contributed by atoms with van der Waals surface area (Å²) in [5, 5.41) is 7.55. The van der Waals surface area contributed by atoms with E-state index in [2.05, 4.69) is 16.5 Å². The van der Waals surface area contributed by atoms with Crippen molar-refractivity contribution in [2.45, 2.75) is 45.1 Å². The van der Waals surface area contributed by atoms with Crippen LogP contribution in [0.1, 0.15) is 52.5 Å². The first-order valence-electron chi connectivity index (χ1n) is 11.8. The summed E-state index contributed by atoms with van der Waals surface area (Å²) >= 11 is 0. The number of nitrogens with one attached hydrogen (secondary N) is 1. The average molecular weight is 497 g/mol. The zero-order valence-corrected chi connectivity index (χ0v) is 21.4. The summed E-state index contributed by atoms with van der Waals surface area (Å²) in [4.78, 5) is 13.5. The molecule has 186 valence electrons. The Morgan fingerprint density at radius 1 is 1.11 bits per heavy atom. The number of nitrogens with zero attached hydrogens (tertiary/aromatic N) is 3. The molecule has 2 aromatic carbocycles. The lowest BCUT2D eigenvalue weighted by molar-refractivity contribution is 0.0730. The number of anilines is 1. The van der Waals surface area contributed by atoms with Crippen molar-refractivity contribution in [3.8, 4) is 0 Å². The number of aryl methyl sites for hydroxylation is 2. The fourth-order valence-electron chi connectivity index (χ4n) is 4.20. The lowest BCUT2D eigenvalue weighted by Crippen LogP contribution is -2.40. The summed E-state index contributed by atoms with van der Waals surface area (Å²) in [7, 11) is -3.69. The molecule has 0 bridgehead atoms. The number of rotatable bonds is 7. The maximum atomic E-state index is 13.3. The van der Waals surface area contributed by atoms with Crippen molar-refractivity contribution in [1.29, 1.82) is 0 Å². The van der Waals surface area contributed by atoms with Crippen LogP contribution in [0.2, 0.25) is 0 Å². The van der Waals surface area contributed by atoms with Crippen LogP contribution < -0.4 is 5.32 Å². The van der Waals surface area contributed by atoms with Gasteiger partial charge in [-0.1, -0.05) is 49.7 Å². The molecule has 1 amide bonds. The number of sulfonamides is 1. The van der Waals surface area contributed by atoms with Gasteiger partial charge in [-0.15, -0.1) is 0 Å². The molecule has 4 rings (SSSR count). The third-order valence-corrected chi connectivity index (χ3v) is 8.08. The van der Waals surface area contributed by atoms with Gasteiger partial charge in [0.15, 0.2) is 0 Å². The van der Waals surface area contributed by atoms with Crippen LogP contribution in [0.3, 0.4) is 0 Å². The van der Waals surface area contributed by atoms with E-state index in [0.717, 1.165) is 5.56 Å². The summed E-state index contributed by atoms with van der Waals surface area (Å²) in [6, 6.07) is 13.1. The van der Waals surface area contributed by atoms with Crippen LogP contribution in [0.4, 0.5) is 5.69 Å². The highest BCUT2D eigenvalue weighted by atomic mass is 32.2. The van der Waals surface area contributed by atoms with Crippen molar-refractivity contribution in [2.24, 2.45) is 0 Å². The third kappa shape index (κ3) is 5.63. The molecule has 0 atom stereocenters. The first-order valence-corrected chi connectivity index (χ1v) is 13.2. The number of morpholine rings is 1. The second-order valence-corrected chi connectivity index (χ2v) is 11.1. The summed E-state index contributed by atoms with van der Waals surface area (Å²) in [6.45, 7) is 9.72. The second-order valence-electron chi connectivity index (χ2n) is 9.22. The maximum Gasteiger partial charge on any atom is 0.259 e. The average Bonchev–Trinajstić information content (AvgIpc) is 3.25. The zero-order chi connectivity index (χ0) is 25.2. The number of aromatic nitrogens is 2. The summed E-state index contributed by atoms with van der Waals surface area (Å²) in [5.74, 6) is -0.271. The Balaban J connectivity index is 1.59. The van der Waals surface area contributed by atoms with Gasteiger partial charge in [0, 0.05) is 25.0 Å². The minimum atomic E-state index is -3.69. The smallest absolute Gasteiger partial charge is 0.259 e. The van der Waals surface area contributed by atoms with Gasteiger partial charge in [-0.3, -0.25) is 9.48 Å². The van der Waals surface area contributed by atoms with E-state index in [9.17, 15) is 13.2 Å². The number of amides is 1. The van der Waals surface area contributed by atoms with Crippen molar-refractivity contribution in [1.82, 2.24) is 14.1 Å². The van der Waals surface area contributed by atoms with Crippen LogP contribution in [0.25, 0.3) is 0 Å².